The van der Waals surface area contributed by atoms with Gasteiger partial charge in [-0.25, -0.2) is 0 Å². The number of rotatable bonds is 5. The van der Waals surface area contributed by atoms with Crippen LogP contribution < -0.4 is 10.1 Å². The summed E-state index contributed by atoms with van der Waals surface area (Å²) in [5.74, 6) is 0.560. The van der Waals surface area contributed by atoms with Crippen LogP contribution in [0.5, 0.6) is 5.75 Å². The molecule has 0 aliphatic carbocycles. The predicted molar refractivity (Wildman–Crippen MR) is 84.6 cm³/mol. The third-order valence-corrected chi connectivity index (χ3v) is 3.92. The second kappa shape index (κ2) is 8.18. The fourth-order valence-electron chi connectivity index (χ4n) is 2.57. The highest BCUT2D eigenvalue weighted by Gasteiger charge is 2.27. The van der Waals surface area contributed by atoms with E-state index in [0.29, 0.717) is 43.8 Å². The van der Waals surface area contributed by atoms with Gasteiger partial charge in [-0.2, -0.15) is 5.26 Å². The molecular formula is C17H21N3O3. The van der Waals surface area contributed by atoms with Crippen LogP contribution in [0.15, 0.2) is 24.3 Å². The molecule has 6 nitrogen and oxygen atoms in total. The van der Waals surface area contributed by atoms with Crippen LogP contribution in [0.4, 0.5) is 0 Å². The Hall–Kier alpha value is -2.55. The topological polar surface area (TPSA) is 82.4 Å². The van der Waals surface area contributed by atoms with E-state index in [1.54, 1.807) is 29.2 Å². The van der Waals surface area contributed by atoms with Crippen molar-refractivity contribution >= 4 is 11.8 Å². The molecule has 0 unspecified atom stereocenters. The number of nitrogens with one attached hydrogen (secondary N) is 1. The number of carbonyl (C=O) groups excluding carboxylic acids is 2. The Morgan fingerprint density at radius 1 is 1.30 bits per heavy atom. The van der Waals surface area contributed by atoms with Crippen molar-refractivity contribution in [3.8, 4) is 11.8 Å². The molecule has 0 aromatic heterocycles. The monoisotopic (exact) mass is 315 g/mol. The maximum atomic E-state index is 12.1. The number of hydrogen-bond acceptors (Lipinski definition) is 4. The molecule has 2 rings (SSSR count). The van der Waals surface area contributed by atoms with E-state index in [4.69, 9.17) is 10.00 Å². The van der Waals surface area contributed by atoms with Crippen LogP contribution >= 0.6 is 0 Å². The van der Waals surface area contributed by atoms with E-state index < -0.39 is 0 Å². The Labute approximate surface area is 136 Å². The van der Waals surface area contributed by atoms with Crippen molar-refractivity contribution in [2.75, 3.05) is 26.2 Å². The van der Waals surface area contributed by atoms with Crippen molar-refractivity contribution in [1.29, 1.82) is 5.26 Å². The quantitative estimate of drug-likeness (QED) is 0.888. The fraction of sp³-hybridized carbons (Fsp3) is 0.471. The van der Waals surface area contributed by atoms with E-state index >= 15 is 0 Å². The van der Waals surface area contributed by atoms with Crippen molar-refractivity contribution in [2.24, 2.45) is 5.92 Å². The molecule has 0 radical (unpaired) electrons. The van der Waals surface area contributed by atoms with Gasteiger partial charge in [-0.3, -0.25) is 9.59 Å². The van der Waals surface area contributed by atoms with Gasteiger partial charge in [-0.05, 0) is 44.0 Å². The van der Waals surface area contributed by atoms with E-state index in [0.717, 1.165) is 0 Å². The smallest absolute Gasteiger partial charge is 0.260 e. The van der Waals surface area contributed by atoms with Gasteiger partial charge < -0.3 is 15.0 Å². The van der Waals surface area contributed by atoms with Gasteiger partial charge in [-0.15, -0.1) is 0 Å². The molecule has 0 atom stereocenters. The summed E-state index contributed by atoms with van der Waals surface area (Å²) in [6.07, 6.45) is 1.38. The summed E-state index contributed by atoms with van der Waals surface area (Å²) in [7, 11) is 0. The molecule has 122 valence electrons. The molecule has 2 amide bonds. The fourth-order valence-corrected chi connectivity index (χ4v) is 2.57. The molecule has 6 heteroatoms. The van der Waals surface area contributed by atoms with Crippen LogP contribution in [0.3, 0.4) is 0 Å². The molecule has 1 aromatic carbocycles. The third kappa shape index (κ3) is 4.71. The Bertz CT molecular complexity index is 584. The summed E-state index contributed by atoms with van der Waals surface area (Å²) in [6.45, 7) is 3.67. The lowest BCUT2D eigenvalue weighted by atomic mass is 9.96. The summed E-state index contributed by atoms with van der Waals surface area (Å²) in [6, 6.07) is 8.68. The highest BCUT2D eigenvalue weighted by Crippen LogP contribution is 2.18. The molecule has 23 heavy (non-hydrogen) atoms. The van der Waals surface area contributed by atoms with Gasteiger partial charge >= 0.3 is 0 Å². The van der Waals surface area contributed by atoms with Gasteiger partial charge in [0.05, 0.1) is 11.6 Å². The number of ether oxygens (including phenoxy) is 1. The second-order valence-electron chi connectivity index (χ2n) is 5.47. The Morgan fingerprint density at radius 2 is 1.96 bits per heavy atom. The predicted octanol–water partition coefficient (Wildman–Crippen LogP) is 1.31. The number of carbonyl (C=O) groups is 2. The number of benzene rings is 1. The first-order valence-corrected chi connectivity index (χ1v) is 7.82. The lowest BCUT2D eigenvalue weighted by Gasteiger charge is -2.31. The van der Waals surface area contributed by atoms with E-state index in [1.165, 1.54) is 0 Å². The molecule has 1 fully saturated rings. The maximum Gasteiger partial charge on any atom is 0.260 e. The Kier molecular flexibility index (Phi) is 5.98. The first-order valence-electron chi connectivity index (χ1n) is 7.82. The van der Waals surface area contributed by atoms with E-state index in [9.17, 15) is 9.59 Å². The van der Waals surface area contributed by atoms with E-state index in [2.05, 4.69) is 5.32 Å². The SMILES string of the molecule is CCNC(=O)C1CCN(C(=O)COc2ccc(C#N)cc2)CC1. The highest BCUT2D eigenvalue weighted by atomic mass is 16.5. The largest absolute Gasteiger partial charge is 0.484 e. The molecule has 0 saturated carbocycles. The van der Waals surface area contributed by atoms with Crippen LogP contribution in [-0.4, -0.2) is 43.0 Å². The van der Waals surface area contributed by atoms with Crippen molar-refractivity contribution in [1.82, 2.24) is 10.2 Å². The van der Waals surface area contributed by atoms with Gasteiger partial charge in [0, 0.05) is 25.6 Å². The van der Waals surface area contributed by atoms with Crippen LogP contribution in [0, 0.1) is 17.2 Å². The number of nitrogens with zero attached hydrogens (tertiary/aromatic N) is 2. The zero-order chi connectivity index (χ0) is 16.7. The van der Waals surface area contributed by atoms with Crippen LogP contribution in [-0.2, 0) is 9.59 Å². The maximum absolute atomic E-state index is 12.1. The molecule has 0 bridgehead atoms. The molecule has 0 spiro atoms. The molecule has 1 aliphatic heterocycles. The van der Waals surface area contributed by atoms with Crippen molar-refractivity contribution in [3.05, 3.63) is 29.8 Å². The lowest BCUT2D eigenvalue weighted by Crippen LogP contribution is -2.44. The van der Waals surface area contributed by atoms with Gasteiger partial charge in [0.2, 0.25) is 5.91 Å². The van der Waals surface area contributed by atoms with Crippen LogP contribution in [0.2, 0.25) is 0 Å². The zero-order valence-corrected chi connectivity index (χ0v) is 13.2. The Morgan fingerprint density at radius 3 is 2.52 bits per heavy atom. The van der Waals surface area contributed by atoms with Gasteiger partial charge in [-0.1, -0.05) is 0 Å². The van der Waals surface area contributed by atoms with Crippen molar-refractivity contribution < 1.29 is 14.3 Å². The van der Waals surface area contributed by atoms with Crippen molar-refractivity contribution in [2.45, 2.75) is 19.8 Å². The van der Waals surface area contributed by atoms with Crippen LogP contribution in [0.25, 0.3) is 0 Å². The zero-order valence-electron chi connectivity index (χ0n) is 13.2. The minimum absolute atomic E-state index is 0.00144. The first-order chi connectivity index (χ1) is 11.1. The molecule has 1 aliphatic rings. The summed E-state index contributed by atoms with van der Waals surface area (Å²) in [5.41, 5.74) is 0.552. The minimum atomic E-state index is -0.0799. The summed E-state index contributed by atoms with van der Waals surface area (Å²) in [5, 5.41) is 11.6. The summed E-state index contributed by atoms with van der Waals surface area (Å²) in [4.78, 5) is 25.7. The lowest BCUT2D eigenvalue weighted by molar-refractivity contribution is -0.137. The molecular weight excluding hydrogens is 294 g/mol. The van der Waals surface area contributed by atoms with Crippen LogP contribution in [0.1, 0.15) is 25.3 Å². The van der Waals surface area contributed by atoms with Gasteiger partial charge in [0.25, 0.3) is 5.91 Å². The average Bonchev–Trinajstić information content (AvgIpc) is 2.60. The third-order valence-electron chi connectivity index (χ3n) is 3.92. The van der Waals surface area contributed by atoms with E-state index in [-0.39, 0.29) is 24.3 Å². The first kappa shape index (κ1) is 16.8. The highest BCUT2D eigenvalue weighted by molar-refractivity contribution is 5.80. The van der Waals surface area contributed by atoms with Crippen molar-refractivity contribution in [3.63, 3.8) is 0 Å². The van der Waals surface area contributed by atoms with Gasteiger partial charge in [0.15, 0.2) is 6.61 Å². The Balaban J connectivity index is 1.76. The molecule has 1 saturated heterocycles. The summed E-state index contributed by atoms with van der Waals surface area (Å²) < 4.78 is 5.45. The molecule has 1 aromatic rings. The van der Waals surface area contributed by atoms with Gasteiger partial charge in [0.1, 0.15) is 5.75 Å². The average molecular weight is 315 g/mol. The molecule has 1 N–H and O–H groups in total. The molecule has 1 heterocycles. The second-order valence-corrected chi connectivity index (χ2v) is 5.47. The minimum Gasteiger partial charge on any atom is -0.484 e. The number of amides is 2. The number of piperidine rings is 1. The van der Waals surface area contributed by atoms with E-state index in [1.807, 2.05) is 13.0 Å². The standard InChI is InChI=1S/C17H21N3O3/c1-2-19-17(22)14-7-9-20(10-8-14)16(21)12-23-15-5-3-13(11-18)4-6-15/h3-6,14H,2,7-10,12H2,1H3,(H,19,22). The summed E-state index contributed by atoms with van der Waals surface area (Å²) >= 11 is 0. The number of likely N-dealkylation sites (tertiary alicyclic amines) is 1. The number of nitriles is 1. The number of hydrogen-bond donors (Lipinski definition) is 1. The normalized spacial score (nSPS) is 14.9.